The molecule has 3 heterocycles. The molecule has 0 radical (unpaired) electrons. The highest BCUT2D eigenvalue weighted by Crippen LogP contribution is 2.20. The van der Waals surface area contributed by atoms with Crippen molar-refractivity contribution in [2.75, 3.05) is 0 Å². The summed E-state index contributed by atoms with van der Waals surface area (Å²) in [6, 6.07) is 4.05. The smallest absolute Gasteiger partial charge is 0.139 e. The van der Waals surface area contributed by atoms with E-state index in [-0.39, 0.29) is 0 Å². The van der Waals surface area contributed by atoms with E-state index in [1.807, 2.05) is 30.7 Å². The molecule has 0 amide bonds. The zero-order chi connectivity index (χ0) is 7.97. The molecule has 58 valence electrons. The lowest BCUT2D eigenvalue weighted by molar-refractivity contribution is 1.34. The van der Waals surface area contributed by atoms with E-state index >= 15 is 0 Å². The lowest BCUT2D eigenvalue weighted by atomic mass is 10.2. The third kappa shape index (κ3) is 0.580. The molecule has 0 bridgehead atoms. The second-order valence-electron chi connectivity index (χ2n) is 2.81. The Hall–Kier alpha value is -1.77. The monoisotopic (exact) mass is 157 g/mol. The van der Waals surface area contributed by atoms with Crippen molar-refractivity contribution in [3.8, 4) is 0 Å². The molecule has 3 aromatic heterocycles. The third-order valence-electron chi connectivity index (χ3n) is 2.11. The number of nitrogens with zero attached hydrogens (tertiary/aromatic N) is 1. The number of H-pyrrole nitrogens is 2. The average molecular weight is 157 g/mol. The van der Waals surface area contributed by atoms with Crippen molar-refractivity contribution in [2.45, 2.75) is 0 Å². The zero-order valence-electron chi connectivity index (χ0n) is 6.33. The van der Waals surface area contributed by atoms with E-state index in [1.54, 1.807) is 0 Å². The Balaban J connectivity index is 2.71. The number of nitrogens with one attached hydrogen (secondary N) is 2. The van der Waals surface area contributed by atoms with Crippen LogP contribution in [-0.4, -0.2) is 15.0 Å². The quantitative estimate of drug-likeness (QED) is 0.515. The van der Waals surface area contributed by atoms with Crippen LogP contribution in [0.15, 0.2) is 30.7 Å². The molecule has 0 unspecified atom stereocenters. The van der Waals surface area contributed by atoms with Gasteiger partial charge in [0.1, 0.15) is 5.65 Å². The van der Waals surface area contributed by atoms with Gasteiger partial charge >= 0.3 is 0 Å². The van der Waals surface area contributed by atoms with E-state index in [4.69, 9.17) is 0 Å². The highest BCUT2D eigenvalue weighted by Gasteiger charge is 2.01. The molecule has 3 heteroatoms. The van der Waals surface area contributed by atoms with Crippen LogP contribution < -0.4 is 0 Å². The van der Waals surface area contributed by atoms with Crippen LogP contribution in [0.2, 0.25) is 0 Å². The Morgan fingerprint density at radius 3 is 3.00 bits per heavy atom. The van der Waals surface area contributed by atoms with Crippen LogP contribution in [0.4, 0.5) is 0 Å². The Morgan fingerprint density at radius 2 is 2.00 bits per heavy atom. The van der Waals surface area contributed by atoms with Crippen molar-refractivity contribution < 1.29 is 0 Å². The first-order valence-electron chi connectivity index (χ1n) is 3.84. The van der Waals surface area contributed by atoms with Gasteiger partial charge in [-0.3, -0.25) is 0 Å². The zero-order valence-corrected chi connectivity index (χ0v) is 6.33. The molecule has 12 heavy (non-hydrogen) atoms. The van der Waals surface area contributed by atoms with Crippen molar-refractivity contribution in [3.63, 3.8) is 0 Å². The number of pyridine rings is 1. The van der Waals surface area contributed by atoms with Crippen molar-refractivity contribution in [2.24, 2.45) is 0 Å². The van der Waals surface area contributed by atoms with E-state index < -0.39 is 0 Å². The molecule has 0 saturated carbocycles. The number of hydrogen-bond acceptors (Lipinski definition) is 1. The Kier molecular flexibility index (Phi) is 0.913. The number of aromatic nitrogens is 3. The summed E-state index contributed by atoms with van der Waals surface area (Å²) in [6.07, 6.45) is 5.70. The Bertz CT molecular complexity index is 483. The molecule has 3 nitrogen and oxygen atoms in total. The van der Waals surface area contributed by atoms with Gasteiger partial charge in [0.15, 0.2) is 0 Å². The molecule has 2 N–H and O–H groups in total. The van der Waals surface area contributed by atoms with Gasteiger partial charge in [0.25, 0.3) is 0 Å². The maximum absolute atomic E-state index is 4.27. The van der Waals surface area contributed by atoms with Gasteiger partial charge in [-0.2, -0.15) is 0 Å². The van der Waals surface area contributed by atoms with Gasteiger partial charge in [-0.1, -0.05) is 0 Å². The second kappa shape index (κ2) is 1.88. The predicted molar refractivity (Wildman–Crippen MR) is 48.0 cm³/mol. The van der Waals surface area contributed by atoms with Crippen LogP contribution >= 0.6 is 0 Å². The van der Waals surface area contributed by atoms with Gasteiger partial charge < -0.3 is 9.97 Å². The fourth-order valence-corrected chi connectivity index (χ4v) is 1.53. The lowest BCUT2D eigenvalue weighted by Gasteiger charge is -1.90. The maximum atomic E-state index is 4.27. The summed E-state index contributed by atoms with van der Waals surface area (Å²) in [6.45, 7) is 0. The molecule has 0 aliphatic carbocycles. The molecule has 0 aliphatic heterocycles. The summed E-state index contributed by atoms with van der Waals surface area (Å²) < 4.78 is 0. The predicted octanol–water partition coefficient (Wildman–Crippen LogP) is 2.04. The molecule has 0 saturated heterocycles. The molecular formula is C9H7N3. The van der Waals surface area contributed by atoms with Gasteiger partial charge in [-0.05, 0) is 12.1 Å². The maximum Gasteiger partial charge on any atom is 0.139 e. The van der Waals surface area contributed by atoms with Crippen LogP contribution in [0, 0.1) is 0 Å². The van der Waals surface area contributed by atoms with Crippen LogP contribution in [0.5, 0.6) is 0 Å². The molecule has 0 aromatic carbocycles. The fraction of sp³-hybridized carbons (Fsp3) is 0. The molecule has 3 rings (SSSR count). The molecule has 3 aromatic rings. The summed E-state index contributed by atoms with van der Waals surface area (Å²) in [5.41, 5.74) is 2.09. The summed E-state index contributed by atoms with van der Waals surface area (Å²) in [5, 5.41) is 2.31. The molecule has 0 spiro atoms. The summed E-state index contributed by atoms with van der Waals surface area (Å²) in [4.78, 5) is 10.5. The van der Waals surface area contributed by atoms with Crippen LogP contribution in [0.25, 0.3) is 21.9 Å². The minimum atomic E-state index is 0.935. The standard InChI is InChI=1S/C9H7N3/c1-3-10-8-6(1)5-12-9-7(8)2-4-11-9/h1-5,10H,(H,11,12). The summed E-state index contributed by atoms with van der Waals surface area (Å²) in [7, 11) is 0. The number of fused-ring (bicyclic) bond motifs is 3. The average Bonchev–Trinajstić information content (AvgIpc) is 2.71. The molecule has 0 fully saturated rings. The van der Waals surface area contributed by atoms with E-state index in [0.717, 1.165) is 21.9 Å². The molecule has 0 aliphatic rings. The van der Waals surface area contributed by atoms with E-state index in [2.05, 4.69) is 15.0 Å². The third-order valence-corrected chi connectivity index (χ3v) is 2.11. The van der Waals surface area contributed by atoms with Crippen molar-refractivity contribution >= 4 is 21.9 Å². The lowest BCUT2D eigenvalue weighted by Crippen LogP contribution is -1.75. The van der Waals surface area contributed by atoms with Crippen LogP contribution in [-0.2, 0) is 0 Å². The minimum absolute atomic E-state index is 0.935. The van der Waals surface area contributed by atoms with E-state index in [0.29, 0.717) is 0 Å². The number of hydrogen-bond donors (Lipinski definition) is 2. The topological polar surface area (TPSA) is 44.5 Å². The minimum Gasteiger partial charge on any atom is -0.361 e. The second-order valence-corrected chi connectivity index (χ2v) is 2.81. The first kappa shape index (κ1) is 5.83. The van der Waals surface area contributed by atoms with Gasteiger partial charge in [-0.15, -0.1) is 0 Å². The van der Waals surface area contributed by atoms with Crippen LogP contribution in [0.1, 0.15) is 0 Å². The van der Waals surface area contributed by atoms with Crippen molar-refractivity contribution in [3.05, 3.63) is 30.7 Å². The summed E-state index contributed by atoms with van der Waals surface area (Å²) in [5.74, 6) is 0. The Labute approximate surface area is 68.4 Å². The van der Waals surface area contributed by atoms with Crippen molar-refractivity contribution in [1.29, 1.82) is 0 Å². The van der Waals surface area contributed by atoms with E-state index in [1.165, 1.54) is 0 Å². The number of aromatic amines is 2. The van der Waals surface area contributed by atoms with Gasteiger partial charge in [-0.25, -0.2) is 4.98 Å². The molecular weight excluding hydrogens is 150 g/mol. The largest absolute Gasteiger partial charge is 0.361 e. The van der Waals surface area contributed by atoms with Gasteiger partial charge in [0, 0.05) is 29.4 Å². The Morgan fingerprint density at radius 1 is 1.08 bits per heavy atom. The van der Waals surface area contributed by atoms with Gasteiger partial charge in [0.05, 0.1) is 5.52 Å². The first-order valence-corrected chi connectivity index (χ1v) is 3.84. The fourth-order valence-electron chi connectivity index (χ4n) is 1.53. The number of rotatable bonds is 0. The van der Waals surface area contributed by atoms with Crippen molar-refractivity contribution in [1.82, 2.24) is 15.0 Å². The van der Waals surface area contributed by atoms with Crippen LogP contribution in [0.3, 0.4) is 0 Å². The van der Waals surface area contributed by atoms with Gasteiger partial charge in [0.2, 0.25) is 0 Å². The first-order chi connectivity index (χ1) is 5.95. The highest BCUT2D eigenvalue weighted by atomic mass is 14.8. The highest BCUT2D eigenvalue weighted by molar-refractivity contribution is 6.01. The SMILES string of the molecule is c1cc2c(ncc3cc[nH]c32)[nH]1. The summed E-state index contributed by atoms with van der Waals surface area (Å²) >= 11 is 0. The molecule has 0 atom stereocenters. The normalized spacial score (nSPS) is 11.3. The van der Waals surface area contributed by atoms with E-state index in [9.17, 15) is 0 Å².